The molecule has 0 saturated carbocycles. The molecule has 0 aliphatic carbocycles. The summed E-state index contributed by atoms with van der Waals surface area (Å²) in [4.78, 5) is 0. The van der Waals surface area contributed by atoms with Gasteiger partial charge in [0.15, 0.2) is 17.5 Å². The third kappa shape index (κ3) is 2.61. The van der Waals surface area contributed by atoms with E-state index in [4.69, 9.17) is 11.6 Å². The van der Waals surface area contributed by atoms with E-state index in [1.54, 1.807) is 6.07 Å². The fourth-order valence-corrected chi connectivity index (χ4v) is 1.80. The zero-order valence-electron chi connectivity index (χ0n) is 10.6. The largest absolute Gasteiger partial charge is 0.219 e. The molecule has 0 atom stereocenters. The van der Waals surface area contributed by atoms with Crippen LogP contribution in [0.4, 0.5) is 13.2 Å². The molecule has 6 heteroatoms. The second-order valence-corrected chi connectivity index (χ2v) is 5.62. The van der Waals surface area contributed by atoms with E-state index in [1.165, 1.54) is 0 Å². The molecule has 2 aromatic rings. The molecular weight excluding hydrogens is 277 g/mol. The van der Waals surface area contributed by atoms with Crippen molar-refractivity contribution in [2.24, 2.45) is 0 Å². The smallest absolute Gasteiger partial charge is 0.161 e. The first kappa shape index (κ1) is 13.9. The Kier molecular flexibility index (Phi) is 3.34. The summed E-state index contributed by atoms with van der Waals surface area (Å²) in [6.07, 6.45) is 0. The van der Waals surface area contributed by atoms with Gasteiger partial charge >= 0.3 is 0 Å². The first-order chi connectivity index (χ1) is 8.70. The van der Waals surface area contributed by atoms with E-state index in [9.17, 15) is 13.2 Å². The van der Waals surface area contributed by atoms with Crippen LogP contribution in [-0.4, -0.2) is 9.78 Å². The quantitative estimate of drug-likeness (QED) is 0.718. The van der Waals surface area contributed by atoms with Crippen molar-refractivity contribution in [3.05, 3.63) is 46.5 Å². The zero-order valence-corrected chi connectivity index (χ0v) is 11.4. The molecule has 0 aliphatic heterocycles. The molecule has 0 amide bonds. The molecule has 1 aromatic carbocycles. The van der Waals surface area contributed by atoms with Gasteiger partial charge in [-0.15, -0.1) is 0 Å². The van der Waals surface area contributed by atoms with Gasteiger partial charge in [-0.05, 0) is 6.07 Å². The van der Waals surface area contributed by atoms with Crippen molar-refractivity contribution in [1.29, 1.82) is 0 Å². The fourth-order valence-electron chi connectivity index (χ4n) is 1.57. The lowest BCUT2D eigenvalue weighted by Gasteiger charge is -2.14. The predicted molar refractivity (Wildman–Crippen MR) is 67.1 cm³/mol. The van der Waals surface area contributed by atoms with Crippen molar-refractivity contribution in [3.63, 3.8) is 0 Å². The number of aromatic nitrogens is 2. The highest BCUT2D eigenvalue weighted by Crippen LogP contribution is 2.27. The van der Waals surface area contributed by atoms with E-state index < -0.39 is 17.5 Å². The summed E-state index contributed by atoms with van der Waals surface area (Å²) in [5.74, 6) is -3.33. The van der Waals surface area contributed by atoms with Gasteiger partial charge in [0.1, 0.15) is 10.8 Å². The molecule has 0 bridgehead atoms. The molecule has 1 heterocycles. The molecule has 1 aromatic heterocycles. The number of rotatable bonds is 1. The van der Waals surface area contributed by atoms with E-state index >= 15 is 0 Å². The highest BCUT2D eigenvalue weighted by molar-refractivity contribution is 6.29. The number of hydrogen-bond donors (Lipinski definition) is 0. The van der Waals surface area contributed by atoms with Crippen LogP contribution in [0, 0.1) is 17.5 Å². The van der Waals surface area contributed by atoms with Gasteiger partial charge in [0.25, 0.3) is 0 Å². The number of benzene rings is 1. The second-order valence-electron chi connectivity index (χ2n) is 5.23. The highest BCUT2D eigenvalue weighted by atomic mass is 35.5. The molecule has 0 fully saturated rings. The SMILES string of the molecule is CC(C)(C)c1cc(Cl)n(-c2cc(F)c(F)cc2F)n1. The Labute approximate surface area is 113 Å². The van der Waals surface area contributed by atoms with Crippen LogP contribution in [0.3, 0.4) is 0 Å². The van der Waals surface area contributed by atoms with E-state index in [2.05, 4.69) is 5.10 Å². The van der Waals surface area contributed by atoms with Crippen LogP contribution in [0.2, 0.25) is 5.15 Å². The normalized spacial score (nSPS) is 11.9. The summed E-state index contributed by atoms with van der Waals surface area (Å²) in [5, 5.41) is 4.27. The van der Waals surface area contributed by atoms with Crippen LogP contribution in [0.25, 0.3) is 5.69 Å². The Balaban J connectivity index is 2.60. The molecule has 102 valence electrons. The van der Waals surface area contributed by atoms with E-state index in [1.807, 2.05) is 20.8 Å². The second kappa shape index (κ2) is 4.56. The van der Waals surface area contributed by atoms with Crippen LogP contribution >= 0.6 is 11.6 Å². The predicted octanol–water partition coefficient (Wildman–Crippen LogP) is 4.24. The first-order valence-corrected chi connectivity index (χ1v) is 5.99. The fraction of sp³-hybridized carbons (Fsp3) is 0.308. The van der Waals surface area contributed by atoms with E-state index in [0.717, 1.165) is 10.7 Å². The number of nitrogens with zero attached hydrogens (tertiary/aromatic N) is 2. The van der Waals surface area contributed by atoms with Crippen LogP contribution in [0.15, 0.2) is 18.2 Å². The van der Waals surface area contributed by atoms with Gasteiger partial charge in [-0.1, -0.05) is 32.4 Å². The van der Waals surface area contributed by atoms with Crippen LogP contribution in [0.1, 0.15) is 26.5 Å². The minimum atomic E-state index is -1.25. The van der Waals surface area contributed by atoms with Crippen molar-refractivity contribution >= 4 is 11.6 Å². The van der Waals surface area contributed by atoms with Gasteiger partial charge in [-0.2, -0.15) is 5.10 Å². The summed E-state index contributed by atoms with van der Waals surface area (Å²) in [7, 11) is 0. The Hall–Kier alpha value is -1.49. The zero-order chi connectivity index (χ0) is 14.4. The van der Waals surface area contributed by atoms with Crippen molar-refractivity contribution in [1.82, 2.24) is 9.78 Å². The summed E-state index contributed by atoms with van der Waals surface area (Å²) < 4.78 is 40.8. The lowest BCUT2D eigenvalue weighted by atomic mass is 9.93. The lowest BCUT2D eigenvalue weighted by Crippen LogP contribution is -2.13. The minimum absolute atomic E-state index is 0.134. The monoisotopic (exact) mass is 288 g/mol. The maximum Gasteiger partial charge on any atom is 0.161 e. The average molecular weight is 289 g/mol. The number of halogens is 4. The Morgan fingerprint density at radius 3 is 2.11 bits per heavy atom. The molecule has 2 nitrogen and oxygen atoms in total. The molecule has 0 N–H and O–H groups in total. The molecule has 19 heavy (non-hydrogen) atoms. The van der Waals surface area contributed by atoms with Crippen LogP contribution in [0.5, 0.6) is 0 Å². The Morgan fingerprint density at radius 1 is 1.00 bits per heavy atom. The van der Waals surface area contributed by atoms with Crippen molar-refractivity contribution in [3.8, 4) is 5.69 Å². The van der Waals surface area contributed by atoms with Crippen molar-refractivity contribution < 1.29 is 13.2 Å². The maximum atomic E-state index is 13.7. The molecule has 0 aliphatic rings. The summed E-state index contributed by atoms with van der Waals surface area (Å²) in [5.41, 5.74) is 0.116. The van der Waals surface area contributed by atoms with Gasteiger partial charge in [0.05, 0.1) is 5.69 Å². The number of hydrogen-bond acceptors (Lipinski definition) is 1. The molecule has 0 spiro atoms. The van der Waals surface area contributed by atoms with Gasteiger partial charge in [-0.3, -0.25) is 0 Å². The Bertz CT molecular complexity index is 630. The van der Waals surface area contributed by atoms with Gasteiger partial charge in [0.2, 0.25) is 0 Å². The molecule has 0 radical (unpaired) electrons. The minimum Gasteiger partial charge on any atom is -0.219 e. The van der Waals surface area contributed by atoms with Crippen molar-refractivity contribution in [2.45, 2.75) is 26.2 Å². The van der Waals surface area contributed by atoms with E-state index in [-0.39, 0.29) is 16.3 Å². The third-order valence-corrected chi connectivity index (χ3v) is 2.92. The lowest BCUT2D eigenvalue weighted by molar-refractivity contribution is 0.490. The summed E-state index contributed by atoms with van der Waals surface area (Å²) in [6.45, 7) is 5.74. The van der Waals surface area contributed by atoms with Gasteiger partial charge in [-0.25, -0.2) is 17.9 Å². The van der Waals surface area contributed by atoms with Crippen LogP contribution < -0.4 is 0 Å². The molecule has 2 rings (SSSR count). The van der Waals surface area contributed by atoms with Gasteiger partial charge < -0.3 is 0 Å². The molecule has 0 saturated heterocycles. The maximum absolute atomic E-state index is 13.7. The first-order valence-electron chi connectivity index (χ1n) is 5.61. The average Bonchev–Trinajstić information content (AvgIpc) is 2.65. The van der Waals surface area contributed by atoms with Crippen LogP contribution in [-0.2, 0) is 5.41 Å². The molecule has 0 unspecified atom stereocenters. The summed E-state index contributed by atoms with van der Waals surface area (Å²) >= 11 is 5.97. The standard InChI is InChI=1S/C13H12ClF3N2/c1-13(2,3)11-6-12(14)19(18-11)10-5-8(16)7(15)4-9(10)17/h4-6H,1-3H3. The topological polar surface area (TPSA) is 17.8 Å². The third-order valence-electron chi connectivity index (χ3n) is 2.65. The Morgan fingerprint density at radius 2 is 1.58 bits per heavy atom. The van der Waals surface area contributed by atoms with Crippen molar-refractivity contribution in [2.75, 3.05) is 0 Å². The molecular formula is C13H12ClF3N2. The highest BCUT2D eigenvalue weighted by Gasteiger charge is 2.21. The van der Waals surface area contributed by atoms with Gasteiger partial charge in [0, 0.05) is 17.5 Å². The summed E-state index contributed by atoms with van der Waals surface area (Å²) in [6, 6.07) is 2.78. The van der Waals surface area contributed by atoms with E-state index in [0.29, 0.717) is 11.8 Å².